The number of aryl methyl sites for hydroxylation is 2. The zero-order chi connectivity index (χ0) is 16.8. The SMILES string of the molecule is Cc1ccc(C(=O)C(CNC2CCNCC2)CC(=O)O)c(C)c1. The Kier molecular flexibility index (Phi) is 6.30. The van der Waals surface area contributed by atoms with E-state index in [9.17, 15) is 9.59 Å². The monoisotopic (exact) mass is 318 g/mol. The lowest BCUT2D eigenvalue weighted by atomic mass is 9.90. The van der Waals surface area contributed by atoms with Crippen molar-refractivity contribution in [3.05, 3.63) is 34.9 Å². The van der Waals surface area contributed by atoms with E-state index in [0.717, 1.165) is 37.1 Å². The van der Waals surface area contributed by atoms with Gasteiger partial charge in [-0.05, 0) is 45.3 Å². The van der Waals surface area contributed by atoms with Gasteiger partial charge in [0.15, 0.2) is 5.78 Å². The third-order valence-corrected chi connectivity index (χ3v) is 4.43. The smallest absolute Gasteiger partial charge is 0.304 e. The molecule has 1 aliphatic rings. The number of hydrogen-bond acceptors (Lipinski definition) is 4. The molecule has 0 amide bonds. The van der Waals surface area contributed by atoms with E-state index in [-0.39, 0.29) is 12.2 Å². The zero-order valence-corrected chi connectivity index (χ0v) is 13.9. The van der Waals surface area contributed by atoms with Gasteiger partial charge in [-0.3, -0.25) is 9.59 Å². The molecule has 0 aliphatic carbocycles. The highest BCUT2D eigenvalue weighted by molar-refractivity contribution is 6.00. The molecule has 5 nitrogen and oxygen atoms in total. The number of carbonyl (C=O) groups is 2. The van der Waals surface area contributed by atoms with Gasteiger partial charge in [0, 0.05) is 24.1 Å². The highest BCUT2D eigenvalue weighted by Gasteiger charge is 2.25. The molecule has 1 aliphatic heterocycles. The molecule has 3 N–H and O–H groups in total. The molecule has 1 aromatic carbocycles. The number of carboxylic acid groups (broad SMARTS) is 1. The van der Waals surface area contributed by atoms with Gasteiger partial charge < -0.3 is 15.7 Å². The quantitative estimate of drug-likeness (QED) is 0.670. The van der Waals surface area contributed by atoms with Gasteiger partial charge in [-0.25, -0.2) is 0 Å². The third kappa shape index (κ3) is 5.15. The maximum absolute atomic E-state index is 12.8. The Balaban J connectivity index is 2.06. The van der Waals surface area contributed by atoms with Crippen LogP contribution in [0, 0.1) is 19.8 Å². The Morgan fingerprint density at radius 2 is 2.00 bits per heavy atom. The number of aliphatic carboxylic acids is 1. The van der Waals surface area contributed by atoms with Crippen molar-refractivity contribution in [1.82, 2.24) is 10.6 Å². The molecule has 0 spiro atoms. The molecule has 0 bridgehead atoms. The van der Waals surface area contributed by atoms with Gasteiger partial charge in [-0.2, -0.15) is 0 Å². The van der Waals surface area contributed by atoms with Gasteiger partial charge in [0.25, 0.3) is 0 Å². The van der Waals surface area contributed by atoms with Crippen LogP contribution < -0.4 is 10.6 Å². The van der Waals surface area contributed by atoms with Gasteiger partial charge in [0.2, 0.25) is 0 Å². The van der Waals surface area contributed by atoms with Crippen molar-refractivity contribution in [3.63, 3.8) is 0 Å². The molecule has 0 aromatic heterocycles. The Bertz CT molecular complexity index is 565. The normalized spacial score (nSPS) is 17.0. The van der Waals surface area contributed by atoms with E-state index in [2.05, 4.69) is 10.6 Å². The summed E-state index contributed by atoms with van der Waals surface area (Å²) >= 11 is 0. The highest BCUT2D eigenvalue weighted by Crippen LogP contribution is 2.18. The summed E-state index contributed by atoms with van der Waals surface area (Å²) in [6.45, 7) is 6.23. The number of piperidine rings is 1. The van der Waals surface area contributed by atoms with Crippen LogP contribution in [0.15, 0.2) is 18.2 Å². The summed E-state index contributed by atoms with van der Waals surface area (Å²) in [6.07, 6.45) is 1.89. The van der Waals surface area contributed by atoms with Crippen molar-refractivity contribution in [2.75, 3.05) is 19.6 Å². The zero-order valence-electron chi connectivity index (χ0n) is 13.9. The van der Waals surface area contributed by atoms with Crippen LogP contribution >= 0.6 is 0 Å². The molecular weight excluding hydrogens is 292 g/mol. The molecule has 1 aromatic rings. The summed E-state index contributed by atoms with van der Waals surface area (Å²) in [6, 6.07) is 6.04. The molecule has 1 fully saturated rings. The van der Waals surface area contributed by atoms with Gasteiger partial charge in [0.05, 0.1) is 6.42 Å². The average molecular weight is 318 g/mol. The Labute approximate surface area is 137 Å². The Morgan fingerprint density at radius 1 is 1.30 bits per heavy atom. The Morgan fingerprint density at radius 3 is 2.61 bits per heavy atom. The molecular formula is C18H26N2O3. The van der Waals surface area contributed by atoms with E-state index in [1.165, 1.54) is 0 Å². The van der Waals surface area contributed by atoms with Crippen LogP contribution in [0.5, 0.6) is 0 Å². The molecule has 23 heavy (non-hydrogen) atoms. The molecule has 1 saturated heterocycles. The predicted octanol–water partition coefficient (Wildman–Crippen LogP) is 1.92. The Hall–Kier alpha value is -1.72. The summed E-state index contributed by atoms with van der Waals surface area (Å²) in [5, 5.41) is 15.8. The summed E-state index contributed by atoms with van der Waals surface area (Å²) < 4.78 is 0. The third-order valence-electron chi connectivity index (χ3n) is 4.43. The number of rotatable bonds is 7. The van der Waals surface area contributed by atoms with Crippen LogP contribution in [0.2, 0.25) is 0 Å². The van der Waals surface area contributed by atoms with E-state index in [0.29, 0.717) is 18.2 Å². The first kappa shape index (κ1) is 17.6. The molecule has 0 saturated carbocycles. The molecule has 1 unspecified atom stereocenters. The van der Waals surface area contributed by atoms with E-state index < -0.39 is 11.9 Å². The van der Waals surface area contributed by atoms with Gasteiger partial charge in [-0.1, -0.05) is 23.8 Å². The van der Waals surface area contributed by atoms with E-state index in [1.54, 1.807) is 0 Å². The number of ketones is 1. The molecule has 2 rings (SSSR count). The van der Waals surface area contributed by atoms with Crippen molar-refractivity contribution >= 4 is 11.8 Å². The minimum absolute atomic E-state index is 0.0775. The van der Waals surface area contributed by atoms with E-state index in [4.69, 9.17) is 5.11 Å². The number of carboxylic acids is 1. The van der Waals surface area contributed by atoms with Crippen molar-refractivity contribution < 1.29 is 14.7 Å². The van der Waals surface area contributed by atoms with Crippen molar-refractivity contribution in [2.45, 2.75) is 39.2 Å². The van der Waals surface area contributed by atoms with Crippen LogP contribution in [0.1, 0.15) is 40.7 Å². The second-order valence-corrected chi connectivity index (χ2v) is 6.41. The fraction of sp³-hybridized carbons (Fsp3) is 0.556. The number of carbonyl (C=O) groups excluding carboxylic acids is 1. The number of hydrogen-bond donors (Lipinski definition) is 3. The van der Waals surface area contributed by atoms with Crippen molar-refractivity contribution in [3.8, 4) is 0 Å². The van der Waals surface area contributed by atoms with Gasteiger partial charge in [-0.15, -0.1) is 0 Å². The van der Waals surface area contributed by atoms with Gasteiger partial charge in [0.1, 0.15) is 0 Å². The summed E-state index contributed by atoms with van der Waals surface area (Å²) in [5.41, 5.74) is 2.64. The minimum atomic E-state index is -0.930. The lowest BCUT2D eigenvalue weighted by molar-refractivity contribution is -0.137. The highest BCUT2D eigenvalue weighted by atomic mass is 16.4. The average Bonchev–Trinajstić information content (AvgIpc) is 2.51. The molecule has 5 heteroatoms. The first-order valence-corrected chi connectivity index (χ1v) is 8.24. The topological polar surface area (TPSA) is 78.4 Å². The molecule has 126 valence electrons. The molecule has 1 atom stereocenters. The fourth-order valence-electron chi connectivity index (χ4n) is 3.11. The largest absolute Gasteiger partial charge is 0.481 e. The van der Waals surface area contributed by atoms with Crippen LogP contribution in [0.25, 0.3) is 0 Å². The van der Waals surface area contributed by atoms with Crippen molar-refractivity contribution in [2.24, 2.45) is 5.92 Å². The lowest BCUT2D eigenvalue weighted by Gasteiger charge is -2.26. The maximum Gasteiger partial charge on any atom is 0.304 e. The van der Waals surface area contributed by atoms with Crippen LogP contribution in [-0.4, -0.2) is 42.5 Å². The minimum Gasteiger partial charge on any atom is -0.481 e. The number of nitrogens with one attached hydrogen (secondary N) is 2. The summed E-state index contributed by atoms with van der Waals surface area (Å²) in [5.74, 6) is -1.53. The van der Waals surface area contributed by atoms with Crippen LogP contribution in [0.3, 0.4) is 0 Å². The standard InChI is InChI=1S/C18H26N2O3/c1-12-3-4-16(13(2)9-12)18(23)14(10-17(21)22)11-20-15-5-7-19-8-6-15/h3-4,9,14-15,19-20H,5-8,10-11H2,1-2H3,(H,21,22). The second-order valence-electron chi connectivity index (χ2n) is 6.41. The lowest BCUT2D eigenvalue weighted by Crippen LogP contribution is -2.43. The summed E-state index contributed by atoms with van der Waals surface area (Å²) in [4.78, 5) is 23.9. The van der Waals surface area contributed by atoms with Crippen molar-refractivity contribution in [1.29, 1.82) is 0 Å². The fourth-order valence-corrected chi connectivity index (χ4v) is 3.11. The first-order chi connectivity index (χ1) is 11.0. The molecule has 0 radical (unpaired) electrons. The predicted molar refractivity (Wildman–Crippen MR) is 89.9 cm³/mol. The molecule has 1 heterocycles. The number of Topliss-reactive ketones (excluding diaryl/α,β-unsaturated/α-hetero) is 1. The first-order valence-electron chi connectivity index (χ1n) is 8.24. The summed E-state index contributed by atoms with van der Waals surface area (Å²) in [7, 11) is 0. The van der Waals surface area contributed by atoms with Crippen LogP contribution in [-0.2, 0) is 4.79 Å². The van der Waals surface area contributed by atoms with E-state index >= 15 is 0 Å². The van der Waals surface area contributed by atoms with E-state index in [1.807, 2.05) is 32.0 Å². The van der Waals surface area contributed by atoms with Crippen LogP contribution in [0.4, 0.5) is 0 Å². The van der Waals surface area contributed by atoms with Gasteiger partial charge >= 0.3 is 5.97 Å². The maximum atomic E-state index is 12.8. The number of benzene rings is 1. The second kappa shape index (κ2) is 8.22.